The molecule has 2 aromatic rings. The summed E-state index contributed by atoms with van der Waals surface area (Å²) < 4.78 is 6.04. The third-order valence-electron chi connectivity index (χ3n) is 5.30. The van der Waals surface area contributed by atoms with Crippen molar-refractivity contribution in [2.24, 2.45) is 5.92 Å². The second-order valence-electron chi connectivity index (χ2n) is 6.51. The summed E-state index contributed by atoms with van der Waals surface area (Å²) in [6.45, 7) is 2.86. The zero-order valence-electron chi connectivity index (χ0n) is 12.5. The van der Waals surface area contributed by atoms with Crippen molar-refractivity contribution in [2.45, 2.75) is 25.5 Å². The van der Waals surface area contributed by atoms with Crippen LogP contribution in [0.4, 0.5) is 5.69 Å². The SMILES string of the molecule is Cc1ccc2c(c1)N1C(=O)c3ccccc3[C@@H]1[C@H]1CCO[C@@H]21. The van der Waals surface area contributed by atoms with Gasteiger partial charge < -0.3 is 9.64 Å². The molecule has 5 rings (SSSR count). The topological polar surface area (TPSA) is 29.5 Å². The first kappa shape index (κ1) is 12.4. The predicted octanol–water partition coefficient (Wildman–Crippen LogP) is 3.79. The molecule has 3 atom stereocenters. The molecule has 22 heavy (non-hydrogen) atoms. The number of aryl methyl sites for hydroxylation is 1. The monoisotopic (exact) mass is 291 g/mol. The molecule has 110 valence electrons. The predicted molar refractivity (Wildman–Crippen MR) is 84.0 cm³/mol. The molecule has 0 aliphatic carbocycles. The molecule has 3 nitrogen and oxygen atoms in total. The highest BCUT2D eigenvalue weighted by molar-refractivity contribution is 6.12. The third-order valence-corrected chi connectivity index (χ3v) is 5.30. The number of hydrogen-bond acceptors (Lipinski definition) is 2. The maximum atomic E-state index is 13.0. The molecule has 1 amide bonds. The number of fused-ring (bicyclic) bond motifs is 8. The van der Waals surface area contributed by atoms with Gasteiger partial charge in [-0.25, -0.2) is 0 Å². The quantitative estimate of drug-likeness (QED) is 0.739. The highest BCUT2D eigenvalue weighted by Gasteiger charge is 2.51. The van der Waals surface area contributed by atoms with E-state index in [1.165, 1.54) is 16.7 Å². The minimum atomic E-state index is 0.121. The van der Waals surface area contributed by atoms with Crippen molar-refractivity contribution in [3.05, 3.63) is 64.7 Å². The van der Waals surface area contributed by atoms with Crippen LogP contribution < -0.4 is 4.90 Å². The van der Waals surface area contributed by atoms with Crippen LogP contribution in [0.15, 0.2) is 42.5 Å². The minimum Gasteiger partial charge on any atom is -0.373 e. The van der Waals surface area contributed by atoms with Crippen LogP contribution in [0.3, 0.4) is 0 Å². The molecule has 1 fully saturated rings. The van der Waals surface area contributed by atoms with E-state index in [4.69, 9.17) is 4.74 Å². The Morgan fingerprint density at radius 2 is 2.00 bits per heavy atom. The molecule has 0 saturated carbocycles. The van der Waals surface area contributed by atoms with Gasteiger partial charge in [0.25, 0.3) is 5.91 Å². The number of rotatable bonds is 0. The van der Waals surface area contributed by atoms with E-state index >= 15 is 0 Å². The molecule has 3 aliphatic rings. The normalized spacial score (nSPS) is 28.1. The summed E-state index contributed by atoms with van der Waals surface area (Å²) in [6, 6.07) is 14.6. The Balaban J connectivity index is 1.79. The van der Waals surface area contributed by atoms with Crippen molar-refractivity contribution in [1.29, 1.82) is 0 Å². The average molecular weight is 291 g/mol. The van der Waals surface area contributed by atoms with Gasteiger partial charge in [0.05, 0.1) is 17.8 Å². The fourth-order valence-electron chi connectivity index (χ4n) is 4.38. The lowest BCUT2D eigenvalue weighted by Crippen LogP contribution is -2.38. The lowest BCUT2D eigenvalue weighted by molar-refractivity contribution is 0.0761. The first-order valence-corrected chi connectivity index (χ1v) is 7.90. The summed E-state index contributed by atoms with van der Waals surface area (Å²) in [5, 5.41) is 0. The second-order valence-corrected chi connectivity index (χ2v) is 6.51. The molecule has 0 unspecified atom stereocenters. The Morgan fingerprint density at radius 1 is 1.14 bits per heavy atom. The molecular weight excluding hydrogens is 274 g/mol. The standard InChI is InChI=1S/C19H17NO2/c1-11-6-7-14-16(10-11)20-17(15-8-9-22-18(14)15)12-4-2-3-5-13(12)19(20)21/h2-7,10,15,17-18H,8-9H2,1H3/t15-,17-,18+/m1/s1. The van der Waals surface area contributed by atoms with Crippen LogP contribution in [0.1, 0.15) is 45.6 Å². The molecule has 0 radical (unpaired) electrons. The number of benzene rings is 2. The molecule has 1 saturated heterocycles. The van der Waals surface area contributed by atoms with Crippen LogP contribution in [0.5, 0.6) is 0 Å². The van der Waals surface area contributed by atoms with Crippen molar-refractivity contribution in [2.75, 3.05) is 11.5 Å². The maximum absolute atomic E-state index is 13.0. The fraction of sp³-hybridized carbons (Fsp3) is 0.316. The van der Waals surface area contributed by atoms with Gasteiger partial charge in [0, 0.05) is 23.7 Å². The first-order valence-electron chi connectivity index (χ1n) is 7.90. The summed E-state index contributed by atoms with van der Waals surface area (Å²) >= 11 is 0. The Morgan fingerprint density at radius 3 is 2.91 bits per heavy atom. The van der Waals surface area contributed by atoms with Crippen molar-refractivity contribution >= 4 is 11.6 Å². The molecule has 3 heterocycles. The molecule has 0 bridgehead atoms. The van der Waals surface area contributed by atoms with Gasteiger partial charge in [0.2, 0.25) is 0 Å². The first-order chi connectivity index (χ1) is 10.8. The third kappa shape index (κ3) is 1.42. The van der Waals surface area contributed by atoms with Gasteiger partial charge in [-0.2, -0.15) is 0 Å². The van der Waals surface area contributed by atoms with Crippen molar-refractivity contribution in [1.82, 2.24) is 0 Å². The highest BCUT2D eigenvalue weighted by atomic mass is 16.5. The zero-order chi connectivity index (χ0) is 14.8. The van der Waals surface area contributed by atoms with E-state index in [2.05, 4.69) is 31.2 Å². The number of amides is 1. The van der Waals surface area contributed by atoms with Crippen LogP contribution in [0, 0.1) is 12.8 Å². The lowest BCUT2D eigenvalue weighted by Gasteiger charge is -2.40. The van der Waals surface area contributed by atoms with Gasteiger partial charge in [-0.3, -0.25) is 4.79 Å². The molecule has 3 heteroatoms. The summed E-state index contributed by atoms with van der Waals surface area (Å²) in [6.07, 6.45) is 1.14. The Hall–Kier alpha value is -2.13. The summed E-state index contributed by atoms with van der Waals surface area (Å²) in [5.41, 5.74) is 5.41. The van der Waals surface area contributed by atoms with Gasteiger partial charge >= 0.3 is 0 Å². The van der Waals surface area contributed by atoms with Crippen LogP contribution in [0.2, 0.25) is 0 Å². The number of carbonyl (C=O) groups is 1. The molecule has 3 aliphatic heterocycles. The lowest BCUT2D eigenvalue weighted by atomic mass is 9.81. The van der Waals surface area contributed by atoms with E-state index in [-0.39, 0.29) is 18.1 Å². The number of nitrogens with zero attached hydrogens (tertiary/aromatic N) is 1. The minimum absolute atomic E-state index is 0.121. The largest absolute Gasteiger partial charge is 0.373 e. The van der Waals surface area contributed by atoms with Gasteiger partial charge in [-0.1, -0.05) is 30.3 Å². The number of carbonyl (C=O) groups excluding carboxylic acids is 1. The van der Waals surface area contributed by atoms with Crippen LogP contribution in [-0.2, 0) is 4.74 Å². The van der Waals surface area contributed by atoms with Gasteiger partial charge in [0.15, 0.2) is 0 Å². The summed E-state index contributed by atoms with van der Waals surface area (Å²) in [7, 11) is 0. The van der Waals surface area contributed by atoms with E-state index in [1.807, 2.05) is 23.1 Å². The van der Waals surface area contributed by atoms with Crippen molar-refractivity contribution < 1.29 is 9.53 Å². The molecule has 0 N–H and O–H groups in total. The number of hydrogen-bond donors (Lipinski definition) is 0. The fourth-order valence-corrected chi connectivity index (χ4v) is 4.38. The molecule has 0 aromatic heterocycles. The van der Waals surface area contributed by atoms with Gasteiger partial charge in [0.1, 0.15) is 0 Å². The van der Waals surface area contributed by atoms with E-state index in [1.54, 1.807) is 0 Å². The van der Waals surface area contributed by atoms with E-state index < -0.39 is 0 Å². The highest BCUT2D eigenvalue weighted by Crippen LogP contribution is 2.56. The van der Waals surface area contributed by atoms with Crippen molar-refractivity contribution in [3.8, 4) is 0 Å². The molecule has 0 spiro atoms. The molecular formula is C19H17NO2. The van der Waals surface area contributed by atoms with E-state index in [0.717, 1.165) is 24.3 Å². The Kier molecular flexibility index (Phi) is 2.37. The van der Waals surface area contributed by atoms with Crippen LogP contribution >= 0.6 is 0 Å². The Bertz CT molecular complexity index is 798. The maximum Gasteiger partial charge on any atom is 0.259 e. The van der Waals surface area contributed by atoms with Gasteiger partial charge in [-0.15, -0.1) is 0 Å². The number of ether oxygens (including phenoxy) is 1. The molecule has 2 aromatic carbocycles. The van der Waals surface area contributed by atoms with Crippen LogP contribution in [-0.4, -0.2) is 12.5 Å². The Labute approximate surface area is 129 Å². The zero-order valence-corrected chi connectivity index (χ0v) is 12.5. The van der Waals surface area contributed by atoms with Crippen molar-refractivity contribution in [3.63, 3.8) is 0 Å². The van der Waals surface area contributed by atoms with Crippen LogP contribution in [0.25, 0.3) is 0 Å². The second kappa shape index (κ2) is 4.20. The van der Waals surface area contributed by atoms with Gasteiger partial charge in [-0.05, 0) is 36.6 Å². The van der Waals surface area contributed by atoms with E-state index in [9.17, 15) is 4.79 Å². The average Bonchev–Trinajstić information content (AvgIpc) is 3.11. The summed E-state index contributed by atoms with van der Waals surface area (Å²) in [4.78, 5) is 15.0. The summed E-state index contributed by atoms with van der Waals surface area (Å²) in [5.74, 6) is 0.501. The van der Waals surface area contributed by atoms with E-state index in [0.29, 0.717) is 5.92 Å². The number of anilines is 1. The smallest absolute Gasteiger partial charge is 0.259 e.